The number of rotatable bonds is 9. The molecule has 0 bridgehead atoms. The molecule has 0 spiro atoms. The zero-order valence-electron chi connectivity index (χ0n) is 12.9. The molecular formula is C12H24N2O6S2. The predicted octanol–water partition coefficient (Wildman–Crippen LogP) is 0.700. The molecule has 0 aliphatic heterocycles. The molecule has 0 aromatic heterocycles. The van der Waals surface area contributed by atoms with Crippen LogP contribution in [0.25, 0.3) is 0 Å². The van der Waals surface area contributed by atoms with Gasteiger partial charge in [0.2, 0.25) is 0 Å². The summed E-state index contributed by atoms with van der Waals surface area (Å²) in [6.07, 6.45) is 4.03. The number of amides is 1. The molecule has 130 valence electrons. The number of hydrogen-bond donors (Lipinski definition) is 4. The maximum absolute atomic E-state index is 10.7. The van der Waals surface area contributed by atoms with Gasteiger partial charge in [-0.2, -0.15) is 23.5 Å². The minimum Gasteiger partial charge on any atom is -0.480 e. The summed E-state index contributed by atoms with van der Waals surface area (Å²) in [5.74, 6) is -0.461. The van der Waals surface area contributed by atoms with Crippen molar-refractivity contribution in [3.05, 3.63) is 0 Å². The lowest BCUT2D eigenvalue weighted by atomic mass is 10.2. The van der Waals surface area contributed by atoms with Gasteiger partial charge < -0.3 is 26.0 Å². The van der Waals surface area contributed by atoms with Crippen LogP contribution in [0.4, 0.5) is 4.79 Å². The van der Waals surface area contributed by atoms with E-state index in [0.29, 0.717) is 18.6 Å². The number of nitrogens with two attached hydrogens (primary N) is 1. The van der Waals surface area contributed by atoms with E-state index in [1.54, 1.807) is 11.8 Å². The zero-order valence-corrected chi connectivity index (χ0v) is 14.5. The van der Waals surface area contributed by atoms with E-state index in [1.807, 2.05) is 12.5 Å². The van der Waals surface area contributed by atoms with E-state index >= 15 is 0 Å². The molecule has 8 nitrogen and oxygen atoms in total. The summed E-state index contributed by atoms with van der Waals surface area (Å²) in [7, 11) is 1.20. The van der Waals surface area contributed by atoms with Crippen molar-refractivity contribution >= 4 is 41.6 Å². The highest BCUT2D eigenvalue weighted by Crippen LogP contribution is 2.01. The van der Waals surface area contributed by atoms with Gasteiger partial charge in [-0.05, 0) is 36.9 Å². The van der Waals surface area contributed by atoms with Gasteiger partial charge in [-0.1, -0.05) is 0 Å². The van der Waals surface area contributed by atoms with Crippen molar-refractivity contribution in [3.8, 4) is 0 Å². The lowest BCUT2D eigenvalue weighted by Crippen LogP contribution is -2.41. The number of aliphatic carboxylic acids is 2. The number of carbonyl (C=O) groups excluding carboxylic acids is 1. The van der Waals surface area contributed by atoms with Crippen LogP contribution >= 0.6 is 23.5 Å². The Bertz CT molecular complexity index is 344. The van der Waals surface area contributed by atoms with Gasteiger partial charge in [-0.15, -0.1) is 0 Å². The molecule has 1 amide bonds. The second-order valence-electron chi connectivity index (χ2n) is 4.03. The van der Waals surface area contributed by atoms with Crippen LogP contribution in [-0.2, 0) is 14.3 Å². The number of alkyl carbamates (subject to hydrolysis) is 1. The first-order valence-electron chi connectivity index (χ1n) is 6.33. The summed E-state index contributed by atoms with van der Waals surface area (Å²) in [5, 5.41) is 19.2. The number of hydrogen-bond acceptors (Lipinski definition) is 7. The normalized spacial score (nSPS) is 12.4. The second-order valence-corrected chi connectivity index (χ2v) is 6.01. The third-order valence-electron chi connectivity index (χ3n) is 2.34. The SMILES string of the molecule is COC(=O)N[C@@H](CCSC)C(=O)O.CSCC[C@H](N)C(=O)O. The van der Waals surface area contributed by atoms with Gasteiger partial charge in [-0.3, -0.25) is 4.79 Å². The van der Waals surface area contributed by atoms with E-state index in [4.69, 9.17) is 15.9 Å². The van der Waals surface area contributed by atoms with Gasteiger partial charge in [0.05, 0.1) is 7.11 Å². The number of carboxylic acid groups (broad SMARTS) is 2. The number of carbonyl (C=O) groups is 3. The third kappa shape index (κ3) is 13.8. The Morgan fingerprint density at radius 2 is 1.59 bits per heavy atom. The maximum Gasteiger partial charge on any atom is 0.407 e. The smallest absolute Gasteiger partial charge is 0.407 e. The molecule has 0 saturated carbocycles. The summed E-state index contributed by atoms with van der Waals surface area (Å²) < 4.78 is 4.29. The van der Waals surface area contributed by atoms with Crippen molar-refractivity contribution in [2.75, 3.05) is 31.1 Å². The predicted molar refractivity (Wildman–Crippen MR) is 88.6 cm³/mol. The van der Waals surface area contributed by atoms with E-state index in [2.05, 4.69) is 10.1 Å². The molecule has 0 aliphatic rings. The molecular weight excluding hydrogens is 332 g/mol. The molecule has 5 N–H and O–H groups in total. The van der Waals surface area contributed by atoms with Crippen LogP contribution in [-0.4, -0.2) is 71.5 Å². The van der Waals surface area contributed by atoms with Gasteiger partial charge in [0.1, 0.15) is 12.1 Å². The van der Waals surface area contributed by atoms with Gasteiger partial charge in [0.25, 0.3) is 0 Å². The number of carboxylic acids is 2. The van der Waals surface area contributed by atoms with Gasteiger partial charge in [0, 0.05) is 0 Å². The summed E-state index contributed by atoms with van der Waals surface area (Å²) in [4.78, 5) is 31.3. The van der Waals surface area contributed by atoms with Crippen molar-refractivity contribution in [1.29, 1.82) is 0 Å². The van der Waals surface area contributed by atoms with E-state index in [0.717, 1.165) is 5.75 Å². The Labute approximate surface area is 138 Å². The van der Waals surface area contributed by atoms with Crippen LogP contribution in [0.15, 0.2) is 0 Å². The van der Waals surface area contributed by atoms with Crippen molar-refractivity contribution < 1.29 is 29.3 Å². The quantitative estimate of drug-likeness (QED) is 0.470. The van der Waals surface area contributed by atoms with Gasteiger partial charge in [-0.25, -0.2) is 9.59 Å². The second kappa shape index (κ2) is 14.8. The molecule has 0 radical (unpaired) electrons. The van der Waals surface area contributed by atoms with Crippen molar-refractivity contribution in [2.24, 2.45) is 5.73 Å². The Morgan fingerprint density at radius 3 is 1.95 bits per heavy atom. The highest BCUT2D eigenvalue weighted by molar-refractivity contribution is 7.98. The summed E-state index contributed by atoms with van der Waals surface area (Å²) >= 11 is 3.13. The van der Waals surface area contributed by atoms with Crippen LogP contribution < -0.4 is 11.1 Å². The minimum absolute atomic E-state index is 0.394. The summed E-state index contributed by atoms with van der Waals surface area (Å²) in [6, 6.07) is -1.54. The number of thioether (sulfide) groups is 2. The zero-order chi connectivity index (χ0) is 17.5. The highest BCUT2D eigenvalue weighted by atomic mass is 32.2. The summed E-state index contributed by atoms with van der Waals surface area (Å²) in [6.45, 7) is 0. The van der Waals surface area contributed by atoms with Crippen LogP contribution in [0.1, 0.15) is 12.8 Å². The molecule has 0 heterocycles. The molecule has 10 heteroatoms. The van der Waals surface area contributed by atoms with Gasteiger partial charge in [0.15, 0.2) is 0 Å². The van der Waals surface area contributed by atoms with Crippen LogP contribution in [0.5, 0.6) is 0 Å². The van der Waals surface area contributed by atoms with Crippen LogP contribution in [0.3, 0.4) is 0 Å². The molecule has 0 aliphatic carbocycles. The van der Waals surface area contributed by atoms with Crippen molar-refractivity contribution in [2.45, 2.75) is 24.9 Å². The Morgan fingerprint density at radius 1 is 1.09 bits per heavy atom. The van der Waals surface area contributed by atoms with E-state index in [1.165, 1.54) is 18.9 Å². The van der Waals surface area contributed by atoms with Gasteiger partial charge >= 0.3 is 18.0 Å². The topological polar surface area (TPSA) is 139 Å². The average Bonchev–Trinajstić information content (AvgIpc) is 2.48. The Hall–Kier alpha value is -1.13. The molecule has 0 unspecified atom stereocenters. The molecule has 0 aromatic rings. The fourth-order valence-electron chi connectivity index (χ4n) is 1.06. The first-order chi connectivity index (χ1) is 10.3. The van der Waals surface area contributed by atoms with Crippen LogP contribution in [0.2, 0.25) is 0 Å². The molecule has 0 aromatic carbocycles. The first-order valence-corrected chi connectivity index (χ1v) is 9.12. The van der Waals surface area contributed by atoms with Crippen molar-refractivity contribution in [1.82, 2.24) is 5.32 Å². The average molecular weight is 356 g/mol. The van der Waals surface area contributed by atoms with E-state index < -0.39 is 30.1 Å². The van der Waals surface area contributed by atoms with E-state index in [-0.39, 0.29) is 0 Å². The lowest BCUT2D eigenvalue weighted by Gasteiger charge is -2.12. The monoisotopic (exact) mass is 356 g/mol. The molecule has 0 fully saturated rings. The van der Waals surface area contributed by atoms with Crippen LogP contribution in [0, 0.1) is 0 Å². The third-order valence-corrected chi connectivity index (χ3v) is 3.62. The van der Waals surface area contributed by atoms with E-state index in [9.17, 15) is 14.4 Å². The maximum atomic E-state index is 10.7. The molecule has 22 heavy (non-hydrogen) atoms. The molecule has 0 saturated heterocycles. The van der Waals surface area contributed by atoms with Crippen molar-refractivity contribution in [3.63, 3.8) is 0 Å². The Balaban J connectivity index is 0. The standard InChI is InChI=1S/C7H13NO4S.C5H11NO2S/c1-12-7(11)8-5(6(9)10)3-4-13-2;1-9-3-2-4(6)5(7)8/h5H,3-4H2,1-2H3,(H,8,11)(H,9,10);4H,2-3,6H2,1H3,(H,7,8)/t5-;4-/m00/s1. The molecule has 2 atom stereocenters. The molecule has 0 rings (SSSR count). The first kappa shape index (κ1) is 23.1. The highest BCUT2D eigenvalue weighted by Gasteiger charge is 2.19. The largest absolute Gasteiger partial charge is 0.480 e. The Kier molecular flexibility index (Phi) is 15.6. The fraction of sp³-hybridized carbons (Fsp3) is 0.750. The number of nitrogens with one attached hydrogen (secondary N) is 1. The lowest BCUT2D eigenvalue weighted by molar-refractivity contribution is -0.140. The number of ether oxygens (including phenoxy) is 1. The minimum atomic E-state index is -1.04. The number of methoxy groups -OCH3 is 1. The summed E-state index contributed by atoms with van der Waals surface area (Å²) in [5.41, 5.74) is 5.19. The fourth-order valence-corrected chi connectivity index (χ4v) is 2.02.